The highest BCUT2D eigenvalue weighted by molar-refractivity contribution is 6.14. The van der Waals surface area contributed by atoms with Gasteiger partial charge in [0, 0.05) is 113 Å². The Morgan fingerprint density at radius 1 is 0.350 bits per heavy atom. The maximum atomic E-state index is 12.4. The van der Waals surface area contributed by atoms with Crippen molar-refractivity contribution in [3.8, 4) is 0 Å². The number of nitrogens with one attached hydrogen (secondary N) is 4. The minimum Gasteiger partial charge on any atom is -0.480 e. The second kappa shape index (κ2) is 42.3. The molecule has 4 rings (SSSR count). The van der Waals surface area contributed by atoms with Gasteiger partial charge in [-0.15, -0.1) is 0 Å². The van der Waals surface area contributed by atoms with Crippen LogP contribution in [0.25, 0.3) is 0 Å². The van der Waals surface area contributed by atoms with Crippen LogP contribution in [-0.2, 0) is 99.1 Å². The van der Waals surface area contributed by atoms with E-state index < -0.39 is 198 Å². The summed E-state index contributed by atoms with van der Waals surface area (Å²) in [5.74, 6) is -17.8. The average molecular weight is 1410 g/mol. The topological polar surface area (TPSA) is 584 Å². The molecule has 8 amide bonds. The molecule has 0 saturated carbocycles. The number of anilines is 2. The number of carbonyl (C=O) groups is 18. The first-order valence-electron chi connectivity index (χ1n) is 30.0. The van der Waals surface area contributed by atoms with Crippen molar-refractivity contribution in [2.45, 2.75) is 37.8 Å². The summed E-state index contributed by atoms with van der Waals surface area (Å²) in [4.78, 5) is 218. The van der Waals surface area contributed by atoms with Gasteiger partial charge in [0.25, 0.3) is 23.6 Å². The van der Waals surface area contributed by atoms with E-state index in [1.807, 2.05) is 0 Å². The molecule has 2 aliphatic rings. The van der Waals surface area contributed by atoms with Crippen LogP contribution in [0.2, 0.25) is 0 Å². The molecule has 14 N–H and O–H groups in total. The van der Waals surface area contributed by atoms with E-state index in [2.05, 4.69) is 21.3 Å². The molecular formula is C60H76N12O28. The summed E-state index contributed by atoms with van der Waals surface area (Å²) < 4.78 is 0. The third-order valence-corrected chi connectivity index (χ3v) is 14.1. The van der Waals surface area contributed by atoms with Crippen LogP contribution in [0.3, 0.4) is 0 Å². The number of amides is 8. The largest absolute Gasteiger partial charge is 0.480 e. The van der Waals surface area contributed by atoms with E-state index in [0.717, 1.165) is 53.7 Å². The quantitative estimate of drug-likeness (QED) is 0.0275. The predicted octanol–water partition coefficient (Wildman–Crippen LogP) is -5.41. The molecular weight excluding hydrogens is 1340 g/mol. The molecule has 2 aromatic rings. The minimum atomic E-state index is -1.35. The summed E-state index contributed by atoms with van der Waals surface area (Å²) in [6.45, 7) is -8.83. The number of rotatable bonds is 48. The van der Waals surface area contributed by atoms with Crippen molar-refractivity contribution in [2.24, 2.45) is 0 Å². The molecule has 2 aromatic carbocycles. The van der Waals surface area contributed by atoms with Gasteiger partial charge in [-0.25, -0.2) is 0 Å². The van der Waals surface area contributed by atoms with Gasteiger partial charge >= 0.3 is 59.7 Å². The van der Waals surface area contributed by atoms with Gasteiger partial charge in [0.15, 0.2) is 0 Å². The van der Waals surface area contributed by atoms with Crippen LogP contribution in [0, 0.1) is 0 Å². The highest BCUT2D eigenvalue weighted by Gasteiger charge is 2.31. The third-order valence-electron chi connectivity index (χ3n) is 14.1. The van der Waals surface area contributed by atoms with Gasteiger partial charge in [0.1, 0.15) is 6.54 Å². The second-order valence-electron chi connectivity index (χ2n) is 22.2. The maximum absolute atomic E-state index is 12.4. The highest BCUT2D eigenvalue weighted by Crippen LogP contribution is 2.18. The summed E-state index contributed by atoms with van der Waals surface area (Å²) >= 11 is 0. The number of nitrogens with zero attached hydrogens (tertiary/aromatic N) is 8. The Kier molecular flexibility index (Phi) is 35.0. The van der Waals surface area contributed by atoms with Crippen molar-refractivity contribution in [2.75, 3.05) is 142 Å². The summed E-state index contributed by atoms with van der Waals surface area (Å²) in [5.41, 5.74) is 1.74. The van der Waals surface area contributed by atoms with Crippen molar-refractivity contribution in [1.82, 2.24) is 49.8 Å². The molecule has 0 aliphatic carbocycles. The van der Waals surface area contributed by atoms with E-state index >= 15 is 0 Å². The Morgan fingerprint density at radius 3 is 1.00 bits per heavy atom. The molecule has 0 bridgehead atoms. The van der Waals surface area contributed by atoms with Crippen molar-refractivity contribution in [1.29, 1.82) is 0 Å². The fraction of sp³-hybridized carbons (Fsp3) is 0.433. The van der Waals surface area contributed by atoms with Gasteiger partial charge in [-0.2, -0.15) is 0 Å². The lowest BCUT2D eigenvalue weighted by Gasteiger charge is -2.34. The molecule has 0 fully saturated rings. The highest BCUT2D eigenvalue weighted by atomic mass is 16.4. The van der Waals surface area contributed by atoms with E-state index in [1.54, 1.807) is 24.3 Å². The van der Waals surface area contributed by atoms with Crippen LogP contribution in [0.4, 0.5) is 11.4 Å². The smallest absolute Gasteiger partial charge is 0.317 e. The van der Waals surface area contributed by atoms with Gasteiger partial charge in [0.05, 0.1) is 72.0 Å². The van der Waals surface area contributed by atoms with Gasteiger partial charge in [-0.1, -0.05) is 24.3 Å². The van der Waals surface area contributed by atoms with E-state index in [0.29, 0.717) is 22.5 Å². The molecule has 0 saturated heterocycles. The Labute approximate surface area is 567 Å². The monoisotopic (exact) mass is 1410 g/mol. The van der Waals surface area contributed by atoms with Crippen molar-refractivity contribution < 1.29 is 137 Å². The molecule has 2 heterocycles. The lowest BCUT2D eigenvalue weighted by Crippen LogP contribution is -2.51. The van der Waals surface area contributed by atoms with E-state index in [9.17, 15) is 117 Å². The van der Waals surface area contributed by atoms with Crippen molar-refractivity contribution in [3.05, 3.63) is 84.0 Å². The SMILES string of the molecule is O=C(O)CN(CCN(CC(=O)O)C[C@@H](Cc1ccc(NC(=O)CCNC(=O)CN2C(=O)C=CC2=O)cc1)N(CC(=O)O)CC(=O)O)CC(=O)O.O=C(O)CN(CCN(CC(=O)O)C[C@@H](Cc1ccc(NC(=O)CNC(=O)CCN2C(=O)C=CC2=O)cc1)N(CC(=O)O)CC(=O)O)CC(=O)O. The number of imide groups is 2. The first kappa shape index (κ1) is 82.8. The second-order valence-corrected chi connectivity index (χ2v) is 22.2. The normalized spacial score (nSPS) is 13.1. The number of benzene rings is 2. The summed E-state index contributed by atoms with van der Waals surface area (Å²) in [7, 11) is 0. The van der Waals surface area contributed by atoms with Crippen LogP contribution in [0.15, 0.2) is 72.8 Å². The lowest BCUT2D eigenvalue weighted by atomic mass is 10.0. The van der Waals surface area contributed by atoms with Crippen molar-refractivity contribution >= 4 is 118 Å². The zero-order valence-corrected chi connectivity index (χ0v) is 53.5. The first-order valence-corrected chi connectivity index (χ1v) is 30.0. The number of hydrogen-bond acceptors (Lipinski definition) is 24. The summed E-state index contributed by atoms with van der Waals surface area (Å²) in [5, 5.41) is 103. The maximum Gasteiger partial charge on any atom is 0.317 e. The number of aliphatic carboxylic acids is 10. The van der Waals surface area contributed by atoms with Gasteiger partial charge in [-0.05, 0) is 48.2 Å². The number of carboxylic acid groups (broad SMARTS) is 10. The third kappa shape index (κ3) is 34.0. The van der Waals surface area contributed by atoms with Crippen LogP contribution in [0.5, 0.6) is 0 Å². The first-order chi connectivity index (χ1) is 47.0. The fourth-order valence-electron chi connectivity index (χ4n) is 9.80. The molecule has 0 aromatic heterocycles. The molecule has 0 unspecified atom stereocenters. The van der Waals surface area contributed by atoms with E-state index in [4.69, 9.17) is 20.4 Å². The zero-order chi connectivity index (χ0) is 74.8. The number of carboxylic acids is 10. The molecule has 40 nitrogen and oxygen atoms in total. The lowest BCUT2D eigenvalue weighted by molar-refractivity contribution is -0.145. The molecule has 0 radical (unpaired) electrons. The predicted molar refractivity (Wildman–Crippen MR) is 337 cm³/mol. The molecule has 100 heavy (non-hydrogen) atoms. The van der Waals surface area contributed by atoms with Crippen LogP contribution < -0.4 is 21.3 Å². The molecule has 544 valence electrons. The van der Waals surface area contributed by atoms with Gasteiger partial charge in [0.2, 0.25) is 23.6 Å². The summed E-state index contributed by atoms with van der Waals surface area (Å²) in [6, 6.07) is 10.5. The average Bonchev–Trinajstić information content (AvgIpc) is 1.73. The Hall–Kier alpha value is -11.5. The Morgan fingerprint density at radius 2 is 0.660 bits per heavy atom. The fourth-order valence-corrected chi connectivity index (χ4v) is 9.80. The molecule has 0 spiro atoms. The van der Waals surface area contributed by atoms with Gasteiger partial charge < -0.3 is 72.3 Å². The Balaban J connectivity index is 0.000000520. The van der Waals surface area contributed by atoms with Crippen LogP contribution in [0.1, 0.15) is 24.0 Å². The van der Waals surface area contributed by atoms with E-state index in [-0.39, 0.29) is 78.0 Å². The van der Waals surface area contributed by atoms with Gasteiger partial charge in [-0.3, -0.25) is 126 Å². The van der Waals surface area contributed by atoms with E-state index in [1.165, 1.54) is 34.1 Å². The zero-order valence-electron chi connectivity index (χ0n) is 53.5. The standard InChI is InChI=1S/2C30H38N6O14/c37-22(7-8-36-24(39)5-6-25(36)40)31-12-23(38)32-20-3-1-19(2-4-20)11-21(35(17-29(47)48)18-30(49)50)13-33(14-26(41)42)9-10-34(15-27(43)44)16-28(45)46;37-22(7-8-31-23(38)13-36-24(39)5-6-25(36)40)32-20-3-1-19(2-4-20)11-21(35(17-29(47)48)18-30(49)50)12-33(14-26(41)42)9-10-34(15-27(43)44)16-28(45)46/h1-6,21H,7-18H2,(H,31,37)(H,32,38)(H,41,42)(H,43,44)(H,45,46)(H,47,48)(H,49,50);1-6,21H,7-18H2,(H,31,38)(H,32,37)(H,41,42)(H,43,44)(H,45,46)(H,47,48)(H,49,50)/t2*21-/m11/s1. The minimum absolute atomic E-state index is 0.00642. The van der Waals surface area contributed by atoms with Crippen LogP contribution in [-0.4, -0.2) is 340 Å². The molecule has 2 aliphatic heterocycles. The number of carbonyl (C=O) groups excluding carboxylic acids is 8. The van der Waals surface area contributed by atoms with Crippen LogP contribution >= 0.6 is 0 Å². The summed E-state index contributed by atoms with van der Waals surface area (Å²) in [6.07, 6.45) is 3.91. The van der Waals surface area contributed by atoms with Crippen molar-refractivity contribution in [3.63, 3.8) is 0 Å². The number of hydrogen-bond donors (Lipinski definition) is 14. The Bertz CT molecular complexity index is 3300. The molecule has 2 atom stereocenters. The molecule has 40 heteroatoms.